The molecule has 4 heteroatoms. The monoisotopic (exact) mass is 253 g/mol. The van der Waals surface area contributed by atoms with Crippen molar-refractivity contribution in [2.75, 3.05) is 17.3 Å². The zero-order valence-corrected chi connectivity index (χ0v) is 11.4. The summed E-state index contributed by atoms with van der Waals surface area (Å²) in [5.74, 6) is 1.63. The van der Waals surface area contributed by atoms with Gasteiger partial charge in [-0.1, -0.05) is 12.8 Å². The number of hydrogen-bond acceptors (Lipinski definition) is 3. The summed E-state index contributed by atoms with van der Waals surface area (Å²) in [4.78, 5) is 11.4. The fourth-order valence-electron chi connectivity index (χ4n) is 2.46. The van der Waals surface area contributed by atoms with Gasteiger partial charge in [0.1, 0.15) is 5.82 Å². The molecule has 17 heavy (non-hydrogen) atoms. The van der Waals surface area contributed by atoms with Crippen molar-refractivity contribution in [1.29, 1.82) is 0 Å². The van der Waals surface area contributed by atoms with Crippen LogP contribution >= 0.6 is 11.6 Å². The molecule has 0 N–H and O–H groups in total. The van der Waals surface area contributed by atoms with Crippen LogP contribution in [0.1, 0.15) is 37.1 Å². The Labute approximate surface area is 108 Å². The van der Waals surface area contributed by atoms with Crippen molar-refractivity contribution in [3.05, 3.63) is 17.6 Å². The molecule has 1 saturated carbocycles. The molecule has 94 valence electrons. The Kier molecular flexibility index (Phi) is 4.21. The van der Waals surface area contributed by atoms with Crippen LogP contribution in [-0.4, -0.2) is 28.4 Å². The minimum Gasteiger partial charge on any atom is -0.351 e. The molecular formula is C13H20ClN3. The molecule has 0 radical (unpaired) electrons. The summed E-state index contributed by atoms with van der Waals surface area (Å²) < 4.78 is 0. The first-order chi connectivity index (χ1) is 8.22. The number of aryl methyl sites for hydroxylation is 2. The molecule has 0 aliphatic heterocycles. The molecule has 2 rings (SSSR count). The highest BCUT2D eigenvalue weighted by atomic mass is 35.5. The predicted octanol–water partition coefficient (Wildman–Crippen LogP) is 3.08. The van der Waals surface area contributed by atoms with Gasteiger partial charge in [0, 0.05) is 18.5 Å². The molecule has 1 aromatic heterocycles. The van der Waals surface area contributed by atoms with E-state index < -0.39 is 0 Å². The minimum atomic E-state index is 0.602. The third kappa shape index (κ3) is 2.89. The number of aromatic nitrogens is 2. The van der Waals surface area contributed by atoms with Crippen LogP contribution in [0.2, 0.25) is 0 Å². The molecule has 0 saturated heterocycles. The smallest absolute Gasteiger partial charge is 0.147 e. The Morgan fingerprint density at radius 1 is 1.29 bits per heavy atom. The van der Waals surface area contributed by atoms with Crippen LogP contribution in [0, 0.1) is 13.8 Å². The molecule has 1 heterocycles. The molecule has 0 spiro atoms. The van der Waals surface area contributed by atoms with Gasteiger partial charge in [-0.05, 0) is 26.7 Å². The topological polar surface area (TPSA) is 29.0 Å². The van der Waals surface area contributed by atoms with Gasteiger partial charge in [0.05, 0.1) is 17.6 Å². The molecule has 0 aromatic carbocycles. The summed E-state index contributed by atoms with van der Waals surface area (Å²) in [6.45, 7) is 4.87. The van der Waals surface area contributed by atoms with Gasteiger partial charge in [-0.3, -0.25) is 4.98 Å². The fraction of sp³-hybridized carbons (Fsp3) is 0.692. The van der Waals surface area contributed by atoms with E-state index in [2.05, 4.69) is 14.9 Å². The van der Waals surface area contributed by atoms with Crippen molar-refractivity contribution in [2.24, 2.45) is 0 Å². The fourth-order valence-corrected chi connectivity index (χ4v) is 2.64. The molecule has 0 bridgehead atoms. The first kappa shape index (κ1) is 12.6. The Morgan fingerprint density at radius 2 is 2.00 bits per heavy atom. The highest BCUT2D eigenvalue weighted by Gasteiger charge is 2.23. The summed E-state index contributed by atoms with van der Waals surface area (Å²) in [6.07, 6.45) is 7.04. The van der Waals surface area contributed by atoms with Gasteiger partial charge in [0.2, 0.25) is 0 Å². The van der Waals surface area contributed by atoms with Crippen molar-refractivity contribution in [1.82, 2.24) is 9.97 Å². The molecule has 0 unspecified atom stereocenters. The van der Waals surface area contributed by atoms with Crippen molar-refractivity contribution in [3.8, 4) is 0 Å². The average molecular weight is 254 g/mol. The number of alkyl halides is 1. The summed E-state index contributed by atoms with van der Waals surface area (Å²) in [5, 5.41) is 0. The van der Waals surface area contributed by atoms with Crippen molar-refractivity contribution in [3.63, 3.8) is 0 Å². The normalized spacial score (nSPS) is 16.4. The van der Waals surface area contributed by atoms with Crippen molar-refractivity contribution in [2.45, 2.75) is 45.6 Å². The molecule has 0 atom stereocenters. The van der Waals surface area contributed by atoms with Gasteiger partial charge >= 0.3 is 0 Å². The number of rotatable bonds is 4. The molecular weight excluding hydrogens is 234 g/mol. The second kappa shape index (κ2) is 5.67. The lowest BCUT2D eigenvalue weighted by atomic mass is 10.2. The van der Waals surface area contributed by atoms with Gasteiger partial charge in [0.25, 0.3) is 0 Å². The van der Waals surface area contributed by atoms with Crippen molar-refractivity contribution >= 4 is 17.4 Å². The average Bonchev–Trinajstić information content (AvgIpc) is 2.83. The number of hydrogen-bond donors (Lipinski definition) is 0. The van der Waals surface area contributed by atoms with E-state index in [0.717, 1.165) is 23.8 Å². The third-order valence-electron chi connectivity index (χ3n) is 3.56. The van der Waals surface area contributed by atoms with E-state index in [1.807, 2.05) is 20.0 Å². The van der Waals surface area contributed by atoms with Crippen LogP contribution in [0.25, 0.3) is 0 Å². The van der Waals surface area contributed by atoms with E-state index in [4.69, 9.17) is 11.6 Å². The van der Waals surface area contributed by atoms with Crippen LogP contribution < -0.4 is 4.90 Å². The summed E-state index contributed by atoms with van der Waals surface area (Å²) in [7, 11) is 0. The minimum absolute atomic E-state index is 0.602. The van der Waals surface area contributed by atoms with Crippen LogP contribution in [0.4, 0.5) is 5.82 Å². The second-order valence-corrected chi connectivity index (χ2v) is 5.10. The largest absolute Gasteiger partial charge is 0.351 e. The predicted molar refractivity (Wildman–Crippen MR) is 71.8 cm³/mol. The van der Waals surface area contributed by atoms with Crippen LogP contribution in [-0.2, 0) is 0 Å². The van der Waals surface area contributed by atoms with E-state index >= 15 is 0 Å². The third-order valence-corrected chi connectivity index (χ3v) is 3.73. The summed E-state index contributed by atoms with van der Waals surface area (Å²) in [5.41, 5.74) is 2.02. The van der Waals surface area contributed by atoms with Crippen molar-refractivity contribution < 1.29 is 0 Å². The molecule has 1 fully saturated rings. The lowest BCUT2D eigenvalue weighted by Crippen LogP contribution is -2.35. The highest BCUT2D eigenvalue weighted by Crippen LogP contribution is 2.27. The number of halogens is 1. The Hall–Kier alpha value is -0.830. The molecule has 3 nitrogen and oxygen atoms in total. The molecule has 1 aliphatic carbocycles. The first-order valence-electron chi connectivity index (χ1n) is 6.35. The van der Waals surface area contributed by atoms with Gasteiger partial charge < -0.3 is 4.90 Å². The first-order valence-corrected chi connectivity index (χ1v) is 6.88. The maximum atomic E-state index is 5.91. The van der Waals surface area contributed by atoms with Crippen LogP contribution in [0.15, 0.2) is 6.20 Å². The van der Waals surface area contributed by atoms with Crippen LogP contribution in [0.5, 0.6) is 0 Å². The molecule has 0 amide bonds. The van der Waals surface area contributed by atoms with Crippen LogP contribution in [0.3, 0.4) is 0 Å². The van der Waals surface area contributed by atoms with E-state index in [9.17, 15) is 0 Å². The Balaban J connectivity index is 2.21. The van der Waals surface area contributed by atoms with E-state index in [1.165, 1.54) is 25.7 Å². The lowest BCUT2D eigenvalue weighted by Gasteiger charge is -2.29. The standard InChI is InChI=1S/C13H20ClN3/c1-10-11(2)16-13(9-15-10)17(8-7-14)12-5-3-4-6-12/h9,12H,3-8H2,1-2H3. The zero-order valence-electron chi connectivity index (χ0n) is 10.6. The van der Waals surface area contributed by atoms with E-state index in [0.29, 0.717) is 11.9 Å². The summed E-state index contributed by atoms with van der Waals surface area (Å²) in [6, 6.07) is 0.602. The number of nitrogens with zero attached hydrogens (tertiary/aromatic N) is 3. The van der Waals surface area contributed by atoms with E-state index in [1.54, 1.807) is 0 Å². The molecule has 1 aromatic rings. The Morgan fingerprint density at radius 3 is 2.59 bits per heavy atom. The maximum absolute atomic E-state index is 5.91. The zero-order chi connectivity index (χ0) is 12.3. The Bertz CT molecular complexity index is 375. The summed E-state index contributed by atoms with van der Waals surface area (Å²) >= 11 is 5.91. The second-order valence-electron chi connectivity index (χ2n) is 4.72. The highest BCUT2D eigenvalue weighted by molar-refractivity contribution is 6.18. The quantitative estimate of drug-likeness (QED) is 0.773. The SMILES string of the molecule is Cc1ncc(N(CCCl)C2CCCC2)nc1C. The number of anilines is 1. The lowest BCUT2D eigenvalue weighted by molar-refractivity contribution is 0.612. The molecule has 1 aliphatic rings. The van der Waals surface area contributed by atoms with Gasteiger partial charge in [-0.2, -0.15) is 0 Å². The van der Waals surface area contributed by atoms with E-state index in [-0.39, 0.29) is 0 Å². The van der Waals surface area contributed by atoms with Gasteiger partial charge in [-0.25, -0.2) is 4.98 Å². The van der Waals surface area contributed by atoms with Gasteiger partial charge in [-0.15, -0.1) is 11.6 Å². The van der Waals surface area contributed by atoms with Gasteiger partial charge in [0.15, 0.2) is 0 Å². The maximum Gasteiger partial charge on any atom is 0.147 e.